The van der Waals surface area contributed by atoms with Gasteiger partial charge in [0.2, 0.25) is 0 Å². The first-order valence-corrected chi connectivity index (χ1v) is 8.58. The molecule has 0 spiro atoms. The van der Waals surface area contributed by atoms with E-state index in [1.54, 1.807) is 0 Å². The number of nitrogens with two attached hydrogens (primary N) is 1. The summed E-state index contributed by atoms with van der Waals surface area (Å²) in [5.41, 5.74) is 6.70. The first kappa shape index (κ1) is 20.2. The van der Waals surface area contributed by atoms with Gasteiger partial charge in [0.25, 0.3) is 11.0 Å². The van der Waals surface area contributed by atoms with Crippen LogP contribution in [0.15, 0.2) is 48.5 Å². The van der Waals surface area contributed by atoms with E-state index >= 15 is 0 Å². The fraction of sp³-hybridized carbons (Fsp3) is 0.316. The van der Waals surface area contributed by atoms with Crippen LogP contribution in [0, 0.1) is 10.1 Å². The van der Waals surface area contributed by atoms with Crippen molar-refractivity contribution in [2.24, 2.45) is 5.73 Å². The maximum absolute atomic E-state index is 11.4. The number of carbonyl (C=O) groups excluding carboxylic acids is 1. The average molecular weight is 373 g/mol. The van der Waals surface area contributed by atoms with Crippen molar-refractivity contribution in [1.29, 1.82) is 0 Å². The van der Waals surface area contributed by atoms with Crippen molar-refractivity contribution < 1.29 is 19.8 Å². The summed E-state index contributed by atoms with van der Waals surface area (Å²) in [7, 11) is 0. The van der Waals surface area contributed by atoms with Crippen LogP contribution < -0.4 is 11.1 Å². The maximum Gasteiger partial charge on any atom is 0.295 e. The standard InChI is InChI=1S/C19H23N3O5/c1-13(7-8-14-5-3-2-4-6-14)21-12-18(27-22(25)26)15-9-10-17(23)16(11-15)19(20)24/h2-6,9-11,13,18,21,23H,7-8,12H2,1H3,(H2,20,24). The Bertz CT molecular complexity index is 782. The molecule has 4 N–H and O–H groups in total. The van der Waals surface area contributed by atoms with Gasteiger partial charge in [0.05, 0.1) is 5.56 Å². The SMILES string of the molecule is CC(CCc1ccccc1)NCC(O[N+](=O)[O-])c1ccc(O)c(C(N)=O)c1. The molecule has 0 aliphatic rings. The zero-order valence-corrected chi connectivity index (χ0v) is 15.0. The maximum atomic E-state index is 11.4. The molecular formula is C19H23N3O5. The molecule has 2 rings (SSSR count). The smallest absolute Gasteiger partial charge is 0.295 e. The van der Waals surface area contributed by atoms with E-state index < -0.39 is 17.1 Å². The van der Waals surface area contributed by atoms with Gasteiger partial charge in [-0.1, -0.05) is 36.4 Å². The van der Waals surface area contributed by atoms with Crippen LogP contribution in [0.5, 0.6) is 5.75 Å². The number of phenols is 1. The third-order valence-electron chi connectivity index (χ3n) is 4.23. The molecular weight excluding hydrogens is 350 g/mol. The zero-order chi connectivity index (χ0) is 19.8. The normalized spacial score (nSPS) is 12.9. The van der Waals surface area contributed by atoms with Crippen molar-refractivity contribution in [2.75, 3.05) is 6.54 Å². The lowest BCUT2D eigenvalue weighted by Gasteiger charge is -2.20. The molecule has 8 heteroatoms. The summed E-state index contributed by atoms with van der Waals surface area (Å²) in [6.45, 7) is 2.15. The molecule has 0 fully saturated rings. The minimum Gasteiger partial charge on any atom is -0.507 e. The lowest BCUT2D eigenvalue weighted by atomic mass is 10.0. The van der Waals surface area contributed by atoms with Crippen LogP contribution in [-0.4, -0.2) is 28.7 Å². The van der Waals surface area contributed by atoms with Crippen LogP contribution in [0.25, 0.3) is 0 Å². The molecule has 1 amide bonds. The number of aryl methyl sites for hydroxylation is 1. The van der Waals surface area contributed by atoms with E-state index in [-0.39, 0.29) is 23.9 Å². The Balaban J connectivity index is 2.01. The highest BCUT2D eigenvalue weighted by molar-refractivity contribution is 5.95. The Kier molecular flexibility index (Phi) is 7.13. The van der Waals surface area contributed by atoms with Crippen LogP contribution in [-0.2, 0) is 11.3 Å². The second-order valence-electron chi connectivity index (χ2n) is 6.29. The van der Waals surface area contributed by atoms with Crippen molar-refractivity contribution in [1.82, 2.24) is 5.32 Å². The van der Waals surface area contributed by atoms with E-state index in [0.717, 1.165) is 12.8 Å². The van der Waals surface area contributed by atoms with Crippen LogP contribution in [0.1, 0.15) is 40.9 Å². The van der Waals surface area contributed by atoms with Crippen molar-refractivity contribution in [3.8, 4) is 5.75 Å². The molecule has 2 unspecified atom stereocenters. The fourth-order valence-corrected chi connectivity index (χ4v) is 2.71. The van der Waals surface area contributed by atoms with E-state index in [2.05, 4.69) is 5.32 Å². The molecule has 0 saturated carbocycles. The predicted octanol–water partition coefficient (Wildman–Crippen LogP) is 2.35. The molecule has 144 valence electrons. The first-order chi connectivity index (χ1) is 12.9. The Morgan fingerprint density at radius 2 is 2.00 bits per heavy atom. The molecule has 0 aliphatic heterocycles. The predicted molar refractivity (Wildman–Crippen MR) is 99.7 cm³/mol. The summed E-state index contributed by atoms with van der Waals surface area (Å²) in [6, 6.07) is 14.2. The van der Waals surface area contributed by atoms with Gasteiger partial charge in [-0.2, -0.15) is 0 Å². The van der Waals surface area contributed by atoms with E-state index in [1.807, 2.05) is 37.3 Å². The molecule has 2 aromatic carbocycles. The summed E-state index contributed by atoms with van der Waals surface area (Å²) >= 11 is 0. The van der Waals surface area contributed by atoms with Gasteiger partial charge < -0.3 is 21.0 Å². The third kappa shape index (κ3) is 6.27. The summed E-state index contributed by atoms with van der Waals surface area (Å²) in [5, 5.41) is 22.8. The number of carbonyl (C=O) groups is 1. The quantitative estimate of drug-likeness (QED) is 0.433. The van der Waals surface area contributed by atoms with Gasteiger partial charge in [0, 0.05) is 12.6 Å². The number of benzene rings is 2. The van der Waals surface area contributed by atoms with Crippen LogP contribution in [0.4, 0.5) is 0 Å². The van der Waals surface area contributed by atoms with Crippen LogP contribution in [0.2, 0.25) is 0 Å². The Morgan fingerprint density at radius 3 is 2.63 bits per heavy atom. The molecule has 0 aromatic heterocycles. The van der Waals surface area contributed by atoms with Gasteiger partial charge in [0.1, 0.15) is 11.9 Å². The monoisotopic (exact) mass is 373 g/mol. The number of nitrogens with zero attached hydrogens (tertiary/aromatic N) is 1. The van der Waals surface area contributed by atoms with E-state index in [9.17, 15) is 20.0 Å². The van der Waals surface area contributed by atoms with Crippen LogP contribution >= 0.6 is 0 Å². The van der Waals surface area contributed by atoms with E-state index in [0.29, 0.717) is 5.56 Å². The van der Waals surface area contributed by atoms with Gasteiger partial charge in [-0.15, -0.1) is 10.1 Å². The second-order valence-corrected chi connectivity index (χ2v) is 6.29. The number of nitrogens with one attached hydrogen (secondary N) is 1. The zero-order valence-electron chi connectivity index (χ0n) is 15.0. The lowest BCUT2D eigenvalue weighted by molar-refractivity contribution is -0.770. The molecule has 0 radical (unpaired) electrons. The molecule has 27 heavy (non-hydrogen) atoms. The Hall–Kier alpha value is -3.13. The van der Waals surface area contributed by atoms with Gasteiger partial charge >= 0.3 is 0 Å². The van der Waals surface area contributed by atoms with Crippen molar-refractivity contribution in [2.45, 2.75) is 31.9 Å². The summed E-state index contributed by atoms with van der Waals surface area (Å²) < 4.78 is 0. The van der Waals surface area contributed by atoms with E-state index in [1.165, 1.54) is 23.8 Å². The fourth-order valence-electron chi connectivity index (χ4n) is 2.71. The van der Waals surface area contributed by atoms with Crippen molar-refractivity contribution >= 4 is 5.91 Å². The van der Waals surface area contributed by atoms with Crippen molar-refractivity contribution in [3.05, 3.63) is 75.3 Å². The number of aromatic hydroxyl groups is 1. The molecule has 0 aliphatic carbocycles. The highest BCUT2D eigenvalue weighted by Gasteiger charge is 2.20. The molecule has 8 nitrogen and oxygen atoms in total. The Labute approximate surface area is 157 Å². The van der Waals surface area contributed by atoms with Gasteiger partial charge in [-0.05, 0) is 43.0 Å². The third-order valence-corrected chi connectivity index (χ3v) is 4.23. The topological polar surface area (TPSA) is 128 Å². The minimum atomic E-state index is -0.933. The van der Waals surface area contributed by atoms with Crippen LogP contribution in [0.3, 0.4) is 0 Å². The second kappa shape index (κ2) is 9.54. The van der Waals surface area contributed by atoms with Gasteiger partial charge in [-0.25, -0.2) is 0 Å². The minimum absolute atomic E-state index is 0.0933. The molecule has 0 heterocycles. The first-order valence-electron chi connectivity index (χ1n) is 8.58. The van der Waals surface area contributed by atoms with Gasteiger partial charge in [0.15, 0.2) is 0 Å². The largest absolute Gasteiger partial charge is 0.507 e. The lowest BCUT2D eigenvalue weighted by Crippen LogP contribution is -2.32. The molecule has 2 atom stereocenters. The summed E-state index contributed by atoms with van der Waals surface area (Å²) in [5.74, 6) is -1.10. The molecule has 0 saturated heterocycles. The number of hydrogen-bond donors (Lipinski definition) is 3. The highest BCUT2D eigenvalue weighted by Crippen LogP contribution is 2.24. The van der Waals surface area contributed by atoms with E-state index in [4.69, 9.17) is 10.6 Å². The van der Waals surface area contributed by atoms with Gasteiger partial charge in [-0.3, -0.25) is 4.79 Å². The molecule has 0 bridgehead atoms. The number of hydrogen-bond acceptors (Lipinski definition) is 6. The number of rotatable bonds is 10. The summed E-state index contributed by atoms with van der Waals surface area (Å²) in [6.07, 6.45) is 0.788. The highest BCUT2D eigenvalue weighted by atomic mass is 17.0. The average Bonchev–Trinajstić information content (AvgIpc) is 2.64. The van der Waals surface area contributed by atoms with Crippen molar-refractivity contribution in [3.63, 3.8) is 0 Å². The number of amides is 1. The number of primary amides is 1. The summed E-state index contributed by atoms with van der Waals surface area (Å²) in [4.78, 5) is 27.0. The Morgan fingerprint density at radius 1 is 1.30 bits per heavy atom. The molecule has 2 aromatic rings.